The number of aromatic nitrogens is 2. The first-order valence-corrected chi connectivity index (χ1v) is 16.2. The van der Waals surface area contributed by atoms with Gasteiger partial charge in [-0.05, 0) is 94.2 Å². The van der Waals surface area contributed by atoms with Crippen molar-refractivity contribution in [2.45, 2.75) is 86.0 Å². The van der Waals surface area contributed by atoms with Gasteiger partial charge in [0, 0.05) is 53.7 Å². The van der Waals surface area contributed by atoms with Gasteiger partial charge in [-0.25, -0.2) is 4.79 Å². The summed E-state index contributed by atoms with van der Waals surface area (Å²) in [6.07, 6.45) is 1.73. The van der Waals surface area contributed by atoms with Crippen LogP contribution in [0.3, 0.4) is 0 Å². The lowest BCUT2D eigenvalue weighted by atomic mass is 9.81. The first-order chi connectivity index (χ1) is 21.2. The first-order valence-electron chi connectivity index (χ1n) is 15.8. The normalized spacial score (nSPS) is 17.4. The van der Waals surface area contributed by atoms with Crippen molar-refractivity contribution >= 4 is 40.4 Å². The van der Waals surface area contributed by atoms with Crippen LogP contribution < -0.4 is 9.80 Å². The summed E-state index contributed by atoms with van der Waals surface area (Å²) in [4.78, 5) is 27.0. The van der Waals surface area contributed by atoms with E-state index in [-0.39, 0.29) is 5.41 Å². The minimum atomic E-state index is -1.14. The number of halogens is 1. The third-order valence-electron chi connectivity index (χ3n) is 9.09. The maximum atomic E-state index is 12.8. The molecule has 8 nitrogen and oxygen atoms in total. The Kier molecular flexibility index (Phi) is 8.11. The zero-order valence-corrected chi connectivity index (χ0v) is 28.1. The molecule has 2 aliphatic rings. The number of carboxylic acids is 1. The minimum Gasteiger partial charge on any atom is -0.479 e. The van der Waals surface area contributed by atoms with Gasteiger partial charge in [0.25, 0.3) is 6.01 Å². The second kappa shape index (κ2) is 11.6. The number of ether oxygens (including phenoxy) is 1. The number of fused-ring (bicyclic) bond motifs is 2. The molecule has 0 radical (unpaired) electrons. The van der Waals surface area contributed by atoms with Gasteiger partial charge in [0.2, 0.25) is 0 Å². The number of pyridine rings is 1. The Labute approximate surface area is 270 Å². The number of carbonyl (C=O) groups is 1. The van der Waals surface area contributed by atoms with Gasteiger partial charge in [0.05, 0.1) is 11.3 Å². The molecule has 0 aliphatic carbocycles. The Morgan fingerprint density at radius 2 is 1.73 bits per heavy atom. The fraction of sp³-hybridized carbons (Fsp3) is 0.472. The van der Waals surface area contributed by atoms with E-state index in [1.165, 1.54) is 11.1 Å². The van der Waals surface area contributed by atoms with Gasteiger partial charge in [-0.15, -0.1) is 0 Å². The molecule has 2 aliphatic heterocycles. The van der Waals surface area contributed by atoms with Gasteiger partial charge >= 0.3 is 5.97 Å². The number of hydrogen-bond acceptors (Lipinski definition) is 7. The summed E-state index contributed by atoms with van der Waals surface area (Å²) in [5, 5.41) is 11.1. The van der Waals surface area contributed by atoms with E-state index in [1.54, 1.807) is 0 Å². The Balaban J connectivity index is 1.42. The van der Waals surface area contributed by atoms with Crippen LogP contribution in [-0.4, -0.2) is 46.3 Å². The highest BCUT2D eigenvalue weighted by Gasteiger charge is 2.36. The second-order valence-electron chi connectivity index (χ2n) is 14.3. The molecule has 0 bridgehead atoms. The van der Waals surface area contributed by atoms with Crippen molar-refractivity contribution < 1.29 is 19.1 Å². The summed E-state index contributed by atoms with van der Waals surface area (Å²) in [7, 11) is 0. The summed E-state index contributed by atoms with van der Waals surface area (Å²) in [5.41, 5.74) is 8.73. The van der Waals surface area contributed by atoms with E-state index in [0.29, 0.717) is 28.8 Å². The zero-order valence-electron chi connectivity index (χ0n) is 27.3. The molecule has 1 unspecified atom stereocenters. The van der Waals surface area contributed by atoms with Crippen LogP contribution in [-0.2, 0) is 22.5 Å². The fourth-order valence-corrected chi connectivity index (χ4v) is 6.82. The molecule has 2 aromatic carbocycles. The van der Waals surface area contributed by atoms with Crippen molar-refractivity contribution in [3.8, 4) is 11.1 Å². The lowest BCUT2D eigenvalue weighted by Gasteiger charge is -2.41. The number of nitrogens with zero attached hydrogens (tertiary/aromatic N) is 4. The van der Waals surface area contributed by atoms with Crippen molar-refractivity contribution in [3.05, 3.63) is 69.5 Å². The number of rotatable bonds is 6. The summed E-state index contributed by atoms with van der Waals surface area (Å²) in [6.45, 7) is 17.4. The summed E-state index contributed by atoms with van der Waals surface area (Å²) in [6, 6.07) is 12.7. The molecule has 0 amide bonds. The van der Waals surface area contributed by atoms with Gasteiger partial charge < -0.3 is 24.1 Å². The summed E-state index contributed by atoms with van der Waals surface area (Å²) in [5.74, 6) is -1.00. The number of oxazole rings is 1. The minimum absolute atomic E-state index is 0.237. The lowest BCUT2D eigenvalue weighted by Crippen LogP contribution is -2.39. The number of piperidine rings is 1. The third-order valence-corrected chi connectivity index (χ3v) is 9.32. The van der Waals surface area contributed by atoms with Gasteiger partial charge in [-0.2, -0.15) is 4.98 Å². The zero-order chi connectivity index (χ0) is 32.3. The molecule has 1 fully saturated rings. The average molecular weight is 631 g/mol. The maximum Gasteiger partial charge on any atom is 0.337 e. The standard InChI is InChI=1S/C36H43ClN4O4/c1-21-29(24-8-9-25-20-41(15-12-23(25)18-24)34-39-27-19-26(37)10-11-28(27)44-34)31(40-16-13-36(6,7)14-17-40)30(22(2)38-21)32(33(42)43)45-35(3,4)5/h8-11,18-19,32H,12-17,20H2,1-7H3,(H,42,43). The molecular weight excluding hydrogens is 588 g/mol. The Morgan fingerprint density at radius 1 is 1.00 bits per heavy atom. The molecule has 1 saturated heterocycles. The van der Waals surface area contributed by atoms with Crippen molar-refractivity contribution in [1.29, 1.82) is 0 Å². The maximum absolute atomic E-state index is 12.8. The highest BCUT2D eigenvalue weighted by Crippen LogP contribution is 2.45. The monoisotopic (exact) mass is 630 g/mol. The number of hydrogen-bond donors (Lipinski definition) is 1. The first kappa shape index (κ1) is 31.4. The molecule has 1 N–H and O–H groups in total. The van der Waals surface area contributed by atoms with Crippen LogP contribution >= 0.6 is 11.6 Å². The summed E-state index contributed by atoms with van der Waals surface area (Å²) < 4.78 is 12.3. The van der Waals surface area contributed by atoms with Crippen molar-refractivity contribution in [3.63, 3.8) is 0 Å². The van der Waals surface area contributed by atoms with Crippen molar-refractivity contribution in [2.24, 2.45) is 5.41 Å². The van der Waals surface area contributed by atoms with E-state index in [0.717, 1.165) is 72.5 Å². The topological polar surface area (TPSA) is 91.9 Å². The predicted octanol–water partition coefficient (Wildman–Crippen LogP) is 8.29. The van der Waals surface area contributed by atoms with Crippen molar-refractivity contribution in [1.82, 2.24) is 9.97 Å². The Hall–Kier alpha value is -3.62. The summed E-state index contributed by atoms with van der Waals surface area (Å²) >= 11 is 6.17. The average Bonchev–Trinajstić information content (AvgIpc) is 3.38. The van der Waals surface area contributed by atoms with Gasteiger partial charge in [0.1, 0.15) is 5.52 Å². The van der Waals surface area contributed by atoms with Crippen LogP contribution in [0.15, 0.2) is 40.8 Å². The molecule has 4 heterocycles. The largest absolute Gasteiger partial charge is 0.479 e. The van der Waals surface area contributed by atoms with Gasteiger partial charge in [-0.3, -0.25) is 4.98 Å². The van der Waals surface area contributed by atoms with E-state index in [4.69, 9.17) is 30.7 Å². The van der Waals surface area contributed by atoms with E-state index >= 15 is 0 Å². The highest BCUT2D eigenvalue weighted by atomic mass is 35.5. The lowest BCUT2D eigenvalue weighted by molar-refractivity contribution is -0.160. The van der Waals surface area contributed by atoms with Crippen LogP contribution in [0.2, 0.25) is 5.02 Å². The van der Waals surface area contributed by atoms with Crippen LogP contribution in [0.4, 0.5) is 11.7 Å². The molecule has 45 heavy (non-hydrogen) atoms. The number of anilines is 2. The number of carboxylic acid groups (broad SMARTS) is 1. The molecule has 2 aromatic heterocycles. The number of benzene rings is 2. The van der Waals surface area contributed by atoms with Crippen LogP contribution in [0, 0.1) is 19.3 Å². The molecule has 238 valence electrons. The Bertz CT molecular complexity index is 1760. The van der Waals surface area contributed by atoms with Crippen LogP contribution in [0.5, 0.6) is 0 Å². The quantitative estimate of drug-likeness (QED) is 0.227. The molecule has 0 saturated carbocycles. The molecule has 1 atom stereocenters. The molecule has 0 spiro atoms. The SMILES string of the molecule is Cc1nc(C)c(C(OC(C)(C)C)C(=O)O)c(N2CCC(C)(C)CC2)c1-c1ccc2c(c1)CCN(c1nc3cc(Cl)ccc3o1)C2. The van der Waals surface area contributed by atoms with Crippen LogP contribution in [0.25, 0.3) is 22.2 Å². The molecule has 6 rings (SSSR count). The highest BCUT2D eigenvalue weighted by molar-refractivity contribution is 6.31. The van der Waals surface area contributed by atoms with Gasteiger partial charge in [-0.1, -0.05) is 43.6 Å². The Morgan fingerprint density at radius 3 is 2.42 bits per heavy atom. The molecular formula is C36H43ClN4O4. The predicted molar refractivity (Wildman–Crippen MR) is 179 cm³/mol. The van der Waals surface area contributed by atoms with Crippen LogP contribution in [0.1, 0.15) is 81.6 Å². The third kappa shape index (κ3) is 6.40. The second-order valence-corrected chi connectivity index (χ2v) is 14.7. The van der Waals surface area contributed by atoms with E-state index in [1.807, 2.05) is 52.8 Å². The van der Waals surface area contributed by atoms with Crippen molar-refractivity contribution in [2.75, 3.05) is 29.4 Å². The van der Waals surface area contributed by atoms with E-state index in [9.17, 15) is 9.90 Å². The number of aryl methyl sites for hydroxylation is 2. The fourth-order valence-electron chi connectivity index (χ4n) is 6.65. The van der Waals surface area contributed by atoms with Gasteiger partial charge in [0.15, 0.2) is 11.7 Å². The molecule has 4 aromatic rings. The smallest absolute Gasteiger partial charge is 0.337 e. The number of aliphatic carboxylic acids is 1. The molecule has 9 heteroatoms. The van der Waals surface area contributed by atoms with E-state index < -0.39 is 17.7 Å². The van der Waals surface area contributed by atoms with E-state index in [2.05, 4.69) is 41.8 Å².